The van der Waals surface area contributed by atoms with Gasteiger partial charge in [0.25, 0.3) is 0 Å². The number of carbonyl (C=O) groups is 2. The average molecular weight is 488 g/mol. The van der Waals surface area contributed by atoms with Gasteiger partial charge < -0.3 is 15.1 Å². The topological polar surface area (TPSA) is 52.7 Å². The summed E-state index contributed by atoms with van der Waals surface area (Å²) >= 11 is 1.54. The van der Waals surface area contributed by atoms with Gasteiger partial charge >= 0.3 is 12.2 Å². The van der Waals surface area contributed by atoms with Crippen LogP contribution in [0.3, 0.4) is 0 Å². The van der Waals surface area contributed by atoms with Gasteiger partial charge in [-0.15, -0.1) is 11.3 Å². The molecule has 0 atom stereocenters. The zero-order valence-corrected chi connectivity index (χ0v) is 19.1. The molecule has 34 heavy (non-hydrogen) atoms. The molecule has 178 valence electrons. The molecule has 4 rings (SSSR count). The largest absolute Gasteiger partial charge is 0.418 e. The predicted molar refractivity (Wildman–Crippen MR) is 125 cm³/mol. The van der Waals surface area contributed by atoms with E-state index in [1.54, 1.807) is 4.90 Å². The molecule has 0 saturated heterocycles. The highest BCUT2D eigenvalue weighted by Crippen LogP contribution is 2.35. The summed E-state index contributed by atoms with van der Waals surface area (Å²) in [6.07, 6.45) is -3.17. The molecular formula is C25H24F3N3O2S. The second-order valence-corrected chi connectivity index (χ2v) is 9.18. The molecule has 1 N–H and O–H groups in total. The second-order valence-electron chi connectivity index (χ2n) is 8.15. The van der Waals surface area contributed by atoms with Crippen molar-refractivity contribution in [3.63, 3.8) is 0 Å². The first kappa shape index (κ1) is 23.8. The fourth-order valence-corrected chi connectivity index (χ4v) is 4.37. The fraction of sp³-hybridized carbons (Fsp3) is 0.280. The number of carbonyl (C=O) groups excluding carboxylic acids is 2. The van der Waals surface area contributed by atoms with Crippen LogP contribution in [0, 0.1) is 0 Å². The van der Waals surface area contributed by atoms with Crippen LogP contribution in [-0.4, -0.2) is 34.3 Å². The highest BCUT2D eigenvalue weighted by atomic mass is 32.1. The lowest BCUT2D eigenvalue weighted by Gasteiger charge is -2.28. The van der Waals surface area contributed by atoms with Crippen LogP contribution in [0.15, 0.2) is 72.1 Å². The minimum atomic E-state index is -4.60. The molecule has 1 aliphatic rings. The zero-order valence-electron chi connectivity index (χ0n) is 18.3. The summed E-state index contributed by atoms with van der Waals surface area (Å²) < 4.78 is 40.0. The summed E-state index contributed by atoms with van der Waals surface area (Å²) in [4.78, 5) is 30.3. The monoisotopic (exact) mass is 487 g/mol. The van der Waals surface area contributed by atoms with Gasteiger partial charge in [0.05, 0.1) is 17.8 Å². The van der Waals surface area contributed by atoms with E-state index in [0.29, 0.717) is 25.9 Å². The lowest BCUT2D eigenvalue weighted by molar-refractivity contribution is -0.137. The van der Waals surface area contributed by atoms with Crippen molar-refractivity contribution in [2.75, 3.05) is 11.9 Å². The Morgan fingerprint density at radius 2 is 1.65 bits per heavy atom. The van der Waals surface area contributed by atoms with E-state index < -0.39 is 17.8 Å². The van der Waals surface area contributed by atoms with Crippen LogP contribution in [0.1, 0.15) is 28.8 Å². The molecule has 1 aromatic heterocycles. The highest BCUT2D eigenvalue weighted by Gasteiger charge is 2.37. The number of amides is 3. The average Bonchev–Trinajstić information content (AvgIpc) is 3.52. The number of hydrogen-bond donors (Lipinski definition) is 1. The van der Waals surface area contributed by atoms with E-state index in [0.717, 1.165) is 16.5 Å². The Bertz CT molecular complexity index is 1120. The van der Waals surface area contributed by atoms with Crippen molar-refractivity contribution < 1.29 is 22.8 Å². The summed E-state index contributed by atoms with van der Waals surface area (Å²) in [5, 5.41) is 4.31. The third kappa shape index (κ3) is 6.17. The van der Waals surface area contributed by atoms with Crippen molar-refractivity contribution in [1.29, 1.82) is 0 Å². The molecule has 3 amide bonds. The van der Waals surface area contributed by atoms with Crippen LogP contribution < -0.4 is 5.32 Å². The first-order valence-electron chi connectivity index (χ1n) is 10.9. The van der Waals surface area contributed by atoms with Crippen LogP contribution in [0.5, 0.6) is 0 Å². The number of anilines is 1. The van der Waals surface area contributed by atoms with E-state index in [4.69, 9.17) is 0 Å². The Hall–Kier alpha value is -3.33. The van der Waals surface area contributed by atoms with Crippen LogP contribution in [0.25, 0.3) is 0 Å². The van der Waals surface area contributed by atoms with Gasteiger partial charge in [0, 0.05) is 17.5 Å². The lowest BCUT2D eigenvalue weighted by Crippen LogP contribution is -2.45. The molecule has 1 aliphatic carbocycles. The summed E-state index contributed by atoms with van der Waals surface area (Å²) in [5.74, 6) is -0.261. The minimum Gasteiger partial charge on any atom is -0.332 e. The van der Waals surface area contributed by atoms with Crippen LogP contribution >= 0.6 is 11.3 Å². The van der Waals surface area contributed by atoms with Crippen molar-refractivity contribution in [3.8, 4) is 0 Å². The number of benzene rings is 2. The molecule has 0 unspecified atom stereocenters. The van der Waals surface area contributed by atoms with Crippen LogP contribution in [-0.2, 0) is 24.1 Å². The van der Waals surface area contributed by atoms with Gasteiger partial charge in [0.15, 0.2) is 0 Å². The molecule has 3 aromatic rings. The van der Waals surface area contributed by atoms with Crippen LogP contribution in [0.4, 0.5) is 23.7 Å². The summed E-state index contributed by atoms with van der Waals surface area (Å²) in [7, 11) is 0. The van der Waals surface area contributed by atoms with Crippen molar-refractivity contribution >= 4 is 29.0 Å². The Labute approximate surface area is 199 Å². The first-order valence-corrected chi connectivity index (χ1v) is 11.8. The van der Waals surface area contributed by atoms with Crippen molar-refractivity contribution in [3.05, 3.63) is 88.1 Å². The summed E-state index contributed by atoms with van der Waals surface area (Å²) in [6.45, 7) is 0.555. The molecule has 5 nitrogen and oxygen atoms in total. The zero-order chi connectivity index (χ0) is 24.1. The molecule has 1 saturated carbocycles. The Morgan fingerprint density at radius 1 is 0.941 bits per heavy atom. The number of hydrogen-bond acceptors (Lipinski definition) is 3. The summed E-state index contributed by atoms with van der Waals surface area (Å²) in [5.41, 5.74) is -0.291. The number of thiophene rings is 1. The molecule has 2 aromatic carbocycles. The van der Waals surface area contributed by atoms with Gasteiger partial charge in [-0.25, -0.2) is 4.79 Å². The van der Waals surface area contributed by atoms with Crippen molar-refractivity contribution in [2.45, 2.75) is 38.1 Å². The maximum absolute atomic E-state index is 13.3. The standard InChI is InChI=1S/C25H24F3N3O2S/c26-25(27,28)21-10-4-5-11-22(21)29-24(33)31(19-12-13-19)17-23(32)30(16-20-9-6-14-34-20)15-18-7-2-1-3-8-18/h1-11,14,19H,12-13,15-17H2,(H,29,33). The Kier molecular flexibility index (Phi) is 7.21. The normalized spacial score (nSPS) is 13.4. The van der Waals surface area contributed by atoms with Crippen molar-refractivity contribution in [2.24, 2.45) is 0 Å². The fourth-order valence-electron chi connectivity index (χ4n) is 3.65. The molecule has 0 bridgehead atoms. The first-order chi connectivity index (χ1) is 16.3. The smallest absolute Gasteiger partial charge is 0.332 e. The third-order valence-electron chi connectivity index (χ3n) is 5.52. The van der Waals surface area contributed by atoms with Gasteiger partial charge in [-0.05, 0) is 42.0 Å². The predicted octanol–water partition coefficient (Wildman–Crippen LogP) is 5.99. The van der Waals surface area contributed by atoms with Gasteiger partial charge in [-0.2, -0.15) is 13.2 Å². The SMILES string of the molecule is O=C(CN(C(=O)Nc1ccccc1C(F)(F)F)C1CC1)N(Cc1ccccc1)Cc1cccs1. The number of nitrogens with zero attached hydrogens (tertiary/aromatic N) is 2. The molecule has 9 heteroatoms. The van der Waals surface area contributed by atoms with Gasteiger partial charge in [0.2, 0.25) is 5.91 Å². The van der Waals surface area contributed by atoms with Gasteiger partial charge in [-0.3, -0.25) is 4.79 Å². The molecular weight excluding hydrogens is 463 g/mol. The second kappa shape index (κ2) is 10.3. The quantitative estimate of drug-likeness (QED) is 0.424. The molecule has 1 heterocycles. The van der Waals surface area contributed by atoms with E-state index in [-0.39, 0.29) is 24.2 Å². The van der Waals surface area contributed by atoms with Crippen LogP contribution in [0.2, 0.25) is 0 Å². The van der Waals surface area contributed by atoms with E-state index in [9.17, 15) is 22.8 Å². The maximum Gasteiger partial charge on any atom is 0.418 e. The Morgan fingerprint density at radius 3 is 2.29 bits per heavy atom. The number of nitrogens with one attached hydrogen (secondary N) is 1. The molecule has 0 aliphatic heterocycles. The van der Waals surface area contributed by atoms with E-state index in [1.807, 2.05) is 47.8 Å². The number of alkyl halides is 3. The highest BCUT2D eigenvalue weighted by molar-refractivity contribution is 7.09. The molecule has 0 radical (unpaired) electrons. The molecule has 1 fully saturated rings. The van der Waals surface area contributed by atoms with Crippen molar-refractivity contribution in [1.82, 2.24) is 9.80 Å². The van der Waals surface area contributed by atoms with E-state index in [2.05, 4.69) is 5.32 Å². The van der Waals surface area contributed by atoms with E-state index >= 15 is 0 Å². The van der Waals surface area contributed by atoms with E-state index in [1.165, 1.54) is 34.4 Å². The number of rotatable bonds is 8. The Balaban J connectivity index is 1.50. The number of para-hydroxylation sites is 1. The van der Waals surface area contributed by atoms with Gasteiger partial charge in [0.1, 0.15) is 6.54 Å². The molecule has 0 spiro atoms. The number of urea groups is 1. The summed E-state index contributed by atoms with van der Waals surface area (Å²) in [6, 6.07) is 17.4. The third-order valence-corrected chi connectivity index (χ3v) is 6.39. The van der Waals surface area contributed by atoms with Gasteiger partial charge in [-0.1, -0.05) is 48.5 Å². The number of halogens is 3. The minimum absolute atomic E-state index is 0.165. The lowest BCUT2D eigenvalue weighted by atomic mass is 10.1. The maximum atomic E-state index is 13.3.